The van der Waals surface area contributed by atoms with E-state index in [1.54, 1.807) is 0 Å². The highest BCUT2D eigenvalue weighted by molar-refractivity contribution is 5.83. The van der Waals surface area contributed by atoms with E-state index in [-0.39, 0.29) is 18.8 Å². The van der Waals surface area contributed by atoms with Gasteiger partial charge in [-0.3, -0.25) is 0 Å². The number of hydrogen-bond acceptors (Lipinski definition) is 5. The number of benzene rings is 3. The molecule has 0 saturated heterocycles. The monoisotopic (exact) mass is 545 g/mol. The summed E-state index contributed by atoms with van der Waals surface area (Å²) in [4.78, 5) is 5.95. The maximum absolute atomic E-state index is 10.7. The van der Waals surface area contributed by atoms with Gasteiger partial charge >= 0.3 is 0 Å². The Labute approximate surface area is 241 Å². The van der Waals surface area contributed by atoms with Crippen LogP contribution in [0.15, 0.2) is 96.2 Å². The van der Waals surface area contributed by atoms with E-state index in [0.717, 1.165) is 48.1 Å². The molecule has 0 aliphatic heterocycles. The molecule has 3 unspecified atom stereocenters. The molecule has 0 fully saturated rings. The third kappa shape index (κ3) is 11.6. The van der Waals surface area contributed by atoms with Crippen LogP contribution in [0.3, 0.4) is 0 Å². The van der Waals surface area contributed by atoms with Crippen molar-refractivity contribution in [1.82, 2.24) is 0 Å². The average Bonchev–Trinajstić information content (AvgIpc) is 3.01. The number of unbranched alkanes of at least 4 members (excludes halogenated alkanes) is 4. The van der Waals surface area contributed by atoms with Crippen molar-refractivity contribution in [3.8, 4) is 0 Å². The molecule has 0 saturated carbocycles. The maximum Gasteiger partial charge on any atom is 0.147 e. The van der Waals surface area contributed by atoms with E-state index in [2.05, 4.69) is 31.1 Å². The van der Waals surface area contributed by atoms with Crippen molar-refractivity contribution in [2.75, 3.05) is 19.8 Å². The summed E-state index contributed by atoms with van der Waals surface area (Å²) in [6, 6.07) is 29.7. The van der Waals surface area contributed by atoms with Gasteiger partial charge in [0.2, 0.25) is 0 Å². The lowest BCUT2D eigenvalue weighted by molar-refractivity contribution is -0.0863. The number of hydrogen-bond donors (Lipinski definition) is 1. The minimum absolute atomic E-state index is 0.169. The standard InChI is InChI=1S/C35H47NO4/c1-3-5-10-24-32(25-11-6-4-2)36-40-28-35(31-22-16-9-17-23-31)39-27-34(30-20-14-8-15-21-30)38-26-33(37)29-18-12-7-13-19-29/h7-9,12-23,33-35,37H,3-6,10-11,24-28H2,1-2H3. The normalized spacial score (nSPS) is 13.4. The Hall–Kier alpha value is -2.99. The maximum atomic E-state index is 10.7. The van der Waals surface area contributed by atoms with Crippen molar-refractivity contribution in [3.05, 3.63) is 108 Å². The topological polar surface area (TPSA) is 60.3 Å². The molecular formula is C35H47NO4. The van der Waals surface area contributed by atoms with Gasteiger partial charge in [-0.05, 0) is 42.4 Å². The van der Waals surface area contributed by atoms with Gasteiger partial charge in [0.15, 0.2) is 0 Å². The first kappa shape index (κ1) is 31.5. The lowest BCUT2D eigenvalue weighted by Crippen LogP contribution is -2.20. The second-order valence-corrected chi connectivity index (χ2v) is 10.3. The van der Waals surface area contributed by atoms with Crippen LogP contribution < -0.4 is 0 Å². The zero-order valence-corrected chi connectivity index (χ0v) is 24.3. The first-order chi connectivity index (χ1) is 19.7. The van der Waals surface area contributed by atoms with Crippen LogP contribution in [-0.4, -0.2) is 30.6 Å². The van der Waals surface area contributed by atoms with Crippen molar-refractivity contribution in [2.24, 2.45) is 5.16 Å². The van der Waals surface area contributed by atoms with Gasteiger partial charge in [-0.1, -0.05) is 136 Å². The van der Waals surface area contributed by atoms with E-state index in [1.165, 1.54) is 25.7 Å². The van der Waals surface area contributed by atoms with Gasteiger partial charge in [-0.15, -0.1) is 0 Å². The zero-order valence-electron chi connectivity index (χ0n) is 24.3. The molecule has 0 aromatic heterocycles. The molecule has 3 atom stereocenters. The van der Waals surface area contributed by atoms with Crippen LogP contribution in [0, 0.1) is 0 Å². The zero-order chi connectivity index (χ0) is 28.3. The van der Waals surface area contributed by atoms with Gasteiger partial charge in [0.1, 0.15) is 24.9 Å². The van der Waals surface area contributed by atoms with Crippen molar-refractivity contribution in [1.29, 1.82) is 0 Å². The highest BCUT2D eigenvalue weighted by atomic mass is 16.6. The van der Waals surface area contributed by atoms with Crippen molar-refractivity contribution in [3.63, 3.8) is 0 Å². The number of aliphatic hydroxyl groups excluding tert-OH is 1. The molecule has 3 aromatic carbocycles. The SMILES string of the molecule is CCCCCC(CCCCC)=NOCC(OCC(OCC(O)c1ccccc1)c1ccccc1)c1ccccc1. The van der Waals surface area contributed by atoms with Crippen LogP contribution in [-0.2, 0) is 14.3 Å². The number of oxime groups is 1. The molecule has 0 spiro atoms. The molecule has 0 heterocycles. The van der Waals surface area contributed by atoms with Crippen LogP contribution in [0.4, 0.5) is 0 Å². The van der Waals surface area contributed by atoms with Crippen molar-refractivity contribution >= 4 is 5.71 Å². The van der Waals surface area contributed by atoms with Crippen LogP contribution in [0.25, 0.3) is 0 Å². The fourth-order valence-corrected chi connectivity index (χ4v) is 4.57. The Bertz CT molecular complexity index is 1050. The second kappa shape index (κ2) is 19.1. The van der Waals surface area contributed by atoms with E-state index in [0.29, 0.717) is 13.2 Å². The summed E-state index contributed by atoms with van der Waals surface area (Å²) < 4.78 is 12.7. The molecule has 5 nitrogen and oxygen atoms in total. The van der Waals surface area contributed by atoms with Gasteiger partial charge in [-0.2, -0.15) is 0 Å². The molecule has 0 radical (unpaired) electrons. The summed E-state index contributed by atoms with van der Waals surface area (Å²) in [5.41, 5.74) is 4.02. The number of nitrogens with zero attached hydrogens (tertiary/aromatic N) is 1. The average molecular weight is 546 g/mol. The predicted octanol–water partition coefficient (Wildman–Crippen LogP) is 8.77. The molecule has 0 amide bonds. The molecule has 5 heteroatoms. The summed E-state index contributed by atoms with van der Waals surface area (Å²) in [6.45, 7) is 5.26. The lowest BCUT2D eigenvalue weighted by Gasteiger charge is -2.24. The Kier molecular flexibility index (Phi) is 15.1. The van der Waals surface area contributed by atoms with Crippen LogP contribution in [0.1, 0.15) is 100 Å². The van der Waals surface area contributed by atoms with Gasteiger partial charge < -0.3 is 19.4 Å². The number of ether oxygens (including phenoxy) is 2. The second-order valence-electron chi connectivity index (χ2n) is 10.3. The van der Waals surface area contributed by atoms with Gasteiger partial charge in [-0.25, -0.2) is 0 Å². The van der Waals surface area contributed by atoms with E-state index >= 15 is 0 Å². The van der Waals surface area contributed by atoms with E-state index < -0.39 is 6.10 Å². The molecule has 0 aliphatic carbocycles. The largest absolute Gasteiger partial charge is 0.393 e. The van der Waals surface area contributed by atoms with Gasteiger partial charge in [0, 0.05) is 0 Å². The smallest absolute Gasteiger partial charge is 0.147 e. The predicted molar refractivity (Wildman–Crippen MR) is 163 cm³/mol. The molecule has 0 aliphatic rings. The first-order valence-corrected chi connectivity index (χ1v) is 14.9. The van der Waals surface area contributed by atoms with E-state index in [4.69, 9.17) is 14.3 Å². The summed E-state index contributed by atoms with van der Waals surface area (Å²) >= 11 is 0. The Morgan fingerprint density at radius 2 is 1.05 bits per heavy atom. The number of aliphatic hydroxyl groups is 1. The van der Waals surface area contributed by atoms with Crippen LogP contribution >= 0.6 is 0 Å². The molecule has 216 valence electrons. The van der Waals surface area contributed by atoms with Gasteiger partial charge in [0.05, 0.1) is 18.9 Å². The molecule has 3 rings (SSSR count). The van der Waals surface area contributed by atoms with Crippen molar-refractivity contribution < 1.29 is 19.4 Å². The third-order valence-corrected chi connectivity index (χ3v) is 6.99. The quantitative estimate of drug-likeness (QED) is 0.0876. The van der Waals surface area contributed by atoms with E-state index in [1.807, 2.05) is 78.9 Å². The first-order valence-electron chi connectivity index (χ1n) is 14.9. The molecule has 0 bridgehead atoms. The van der Waals surface area contributed by atoms with Crippen LogP contribution in [0.5, 0.6) is 0 Å². The van der Waals surface area contributed by atoms with E-state index in [9.17, 15) is 5.11 Å². The summed E-state index contributed by atoms with van der Waals surface area (Å²) in [5, 5.41) is 15.3. The van der Waals surface area contributed by atoms with Crippen LogP contribution in [0.2, 0.25) is 0 Å². The summed E-state index contributed by atoms with van der Waals surface area (Å²) in [6.07, 6.45) is 7.73. The molecular weight excluding hydrogens is 498 g/mol. The van der Waals surface area contributed by atoms with Gasteiger partial charge in [0.25, 0.3) is 0 Å². The molecule has 1 N–H and O–H groups in total. The molecule has 40 heavy (non-hydrogen) atoms. The summed E-state index contributed by atoms with van der Waals surface area (Å²) in [5.74, 6) is 0. The van der Waals surface area contributed by atoms with Crippen molar-refractivity contribution in [2.45, 2.75) is 83.5 Å². The highest BCUT2D eigenvalue weighted by Gasteiger charge is 2.20. The fraction of sp³-hybridized carbons (Fsp3) is 0.457. The number of rotatable bonds is 20. The third-order valence-electron chi connectivity index (χ3n) is 6.99. The minimum atomic E-state index is -0.714. The Balaban J connectivity index is 1.67. The summed E-state index contributed by atoms with van der Waals surface area (Å²) in [7, 11) is 0. The highest BCUT2D eigenvalue weighted by Crippen LogP contribution is 2.25. The minimum Gasteiger partial charge on any atom is -0.393 e. The fourth-order valence-electron chi connectivity index (χ4n) is 4.57. The Morgan fingerprint density at radius 3 is 1.55 bits per heavy atom. The molecule has 3 aromatic rings. The Morgan fingerprint density at radius 1 is 0.600 bits per heavy atom. The lowest BCUT2D eigenvalue weighted by atomic mass is 10.1.